The van der Waals surface area contributed by atoms with Gasteiger partial charge in [-0.25, -0.2) is 13.2 Å². The average Bonchev–Trinajstić information content (AvgIpc) is 2.67. The molecule has 1 aromatic carbocycles. The molecule has 0 amide bonds. The highest BCUT2D eigenvalue weighted by molar-refractivity contribution is 5.69. The van der Waals surface area contributed by atoms with Gasteiger partial charge in [0, 0.05) is 30.1 Å². The van der Waals surface area contributed by atoms with E-state index in [4.69, 9.17) is 0 Å². The van der Waals surface area contributed by atoms with Crippen LogP contribution in [0.5, 0.6) is 0 Å². The quantitative estimate of drug-likeness (QED) is 0.560. The van der Waals surface area contributed by atoms with Crippen LogP contribution in [0.3, 0.4) is 0 Å². The van der Waals surface area contributed by atoms with E-state index in [2.05, 4.69) is 16.5 Å². The van der Waals surface area contributed by atoms with E-state index < -0.39 is 12.2 Å². The number of pyridine rings is 2. The number of hydrogen-bond acceptors (Lipinski definition) is 3. The van der Waals surface area contributed by atoms with E-state index >= 15 is 0 Å². The minimum Gasteiger partial charge on any atom is -0.343 e. The minimum absolute atomic E-state index is 0.0407. The third kappa shape index (κ3) is 4.34. The summed E-state index contributed by atoms with van der Waals surface area (Å²) in [6.45, 7) is 6.02. The summed E-state index contributed by atoms with van der Waals surface area (Å²) in [5, 5.41) is 0. The molecule has 3 nitrogen and oxygen atoms in total. The van der Waals surface area contributed by atoms with Crippen LogP contribution in [0.4, 0.5) is 18.9 Å². The molecular weight excluding hydrogens is 351 g/mol. The van der Waals surface area contributed by atoms with Gasteiger partial charge in [0.1, 0.15) is 5.82 Å². The molecular formula is C21H18F3N3. The van der Waals surface area contributed by atoms with Crippen molar-refractivity contribution in [3.63, 3.8) is 0 Å². The molecule has 0 bridgehead atoms. The Labute approximate surface area is 155 Å². The van der Waals surface area contributed by atoms with Gasteiger partial charge in [-0.3, -0.25) is 9.97 Å². The van der Waals surface area contributed by atoms with Crippen molar-refractivity contribution in [3.8, 4) is 11.1 Å². The molecule has 0 unspecified atom stereocenters. The highest BCUT2D eigenvalue weighted by atomic mass is 19.3. The monoisotopic (exact) mass is 369 g/mol. The van der Waals surface area contributed by atoms with E-state index in [1.807, 2.05) is 17.9 Å². The molecule has 0 spiro atoms. The van der Waals surface area contributed by atoms with Gasteiger partial charge in [-0.1, -0.05) is 24.8 Å². The van der Waals surface area contributed by atoms with Gasteiger partial charge in [-0.2, -0.15) is 0 Å². The lowest BCUT2D eigenvalue weighted by molar-refractivity contribution is 0.151. The first kappa shape index (κ1) is 18.6. The number of hydrogen-bond donors (Lipinski definition) is 0. The van der Waals surface area contributed by atoms with Gasteiger partial charge in [-0.05, 0) is 42.4 Å². The summed E-state index contributed by atoms with van der Waals surface area (Å²) in [5.74, 6) is -0.413. The van der Waals surface area contributed by atoms with Crippen molar-refractivity contribution >= 4 is 5.69 Å². The molecule has 0 N–H and O–H groups in total. The second kappa shape index (κ2) is 8.03. The van der Waals surface area contributed by atoms with Crippen LogP contribution in [0.1, 0.15) is 23.2 Å². The van der Waals surface area contributed by atoms with Gasteiger partial charge in [0.05, 0.1) is 17.6 Å². The van der Waals surface area contributed by atoms with Crippen LogP contribution in [0, 0.1) is 12.7 Å². The number of aryl methyl sites for hydroxylation is 1. The fraction of sp³-hybridized carbons (Fsp3) is 0.143. The fourth-order valence-electron chi connectivity index (χ4n) is 2.81. The van der Waals surface area contributed by atoms with E-state index in [-0.39, 0.29) is 5.56 Å². The Kier molecular flexibility index (Phi) is 5.54. The average molecular weight is 369 g/mol. The molecule has 3 rings (SSSR count). The Hall–Kier alpha value is -3.15. The molecule has 0 saturated carbocycles. The third-order valence-corrected chi connectivity index (χ3v) is 4.18. The Balaban J connectivity index is 1.96. The van der Waals surface area contributed by atoms with Gasteiger partial charge in [0.2, 0.25) is 0 Å². The molecule has 3 aromatic rings. The summed E-state index contributed by atoms with van der Waals surface area (Å²) >= 11 is 0. The van der Waals surface area contributed by atoms with Crippen molar-refractivity contribution in [2.45, 2.75) is 19.9 Å². The zero-order valence-corrected chi connectivity index (χ0v) is 14.7. The summed E-state index contributed by atoms with van der Waals surface area (Å²) < 4.78 is 39.4. The first-order valence-electron chi connectivity index (χ1n) is 8.31. The standard InChI is InChI=1S/C21H18F3N3/c1-3-27(13-15-7-19(22)12-25-10-15)20-9-18(11-26-14(20)2)16-5-4-6-17(8-16)21(23)24/h3-12,21H,1,13H2,2H3. The van der Waals surface area contributed by atoms with Crippen LogP contribution in [0.25, 0.3) is 11.1 Å². The molecule has 0 aliphatic carbocycles. The van der Waals surface area contributed by atoms with Crippen LogP contribution < -0.4 is 4.90 Å². The topological polar surface area (TPSA) is 29.0 Å². The van der Waals surface area contributed by atoms with Crippen molar-refractivity contribution < 1.29 is 13.2 Å². The van der Waals surface area contributed by atoms with E-state index in [0.717, 1.165) is 17.6 Å². The first-order chi connectivity index (χ1) is 13.0. The Morgan fingerprint density at radius 3 is 2.63 bits per heavy atom. The molecule has 0 atom stereocenters. The van der Waals surface area contributed by atoms with Crippen molar-refractivity contribution in [3.05, 3.63) is 90.4 Å². The van der Waals surface area contributed by atoms with E-state index in [1.54, 1.807) is 30.7 Å². The molecule has 6 heteroatoms. The largest absolute Gasteiger partial charge is 0.343 e. The van der Waals surface area contributed by atoms with E-state index in [0.29, 0.717) is 23.2 Å². The number of rotatable bonds is 6. The van der Waals surface area contributed by atoms with Crippen molar-refractivity contribution in [2.75, 3.05) is 4.90 Å². The van der Waals surface area contributed by atoms with Crippen LogP contribution in [0.15, 0.2) is 67.8 Å². The second-order valence-electron chi connectivity index (χ2n) is 6.08. The number of alkyl halides is 2. The third-order valence-electron chi connectivity index (χ3n) is 4.18. The first-order valence-corrected chi connectivity index (χ1v) is 8.31. The Morgan fingerprint density at radius 2 is 1.93 bits per heavy atom. The number of benzene rings is 1. The molecule has 0 aliphatic heterocycles. The minimum atomic E-state index is -2.53. The summed E-state index contributed by atoms with van der Waals surface area (Å²) in [6, 6.07) is 9.47. The molecule has 2 heterocycles. The predicted octanol–water partition coefficient (Wildman–Crippen LogP) is 5.68. The Morgan fingerprint density at radius 1 is 1.11 bits per heavy atom. The van der Waals surface area contributed by atoms with E-state index in [1.165, 1.54) is 18.2 Å². The summed E-state index contributed by atoms with van der Waals surface area (Å²) in [7, 11) is 0. The zero-order valence-electron chi connectivity index (χ0n) is 14.7. The normalized spacial score (nSPS) is 10.9. The summed E-state index contributed by atoms with van der Waals surface area (Å²) in [6.07, 6.45) is 3.46. The van der Waals surface area contributed by atoms with Crippen molar-refractivity contribution in [2.24, 2.45) is 0 Å². The lowest BCUT2D eigenvalue weighted by Gasteiger charge is -2.22. The maximum absolute atomic E-state index is 13.4. The van der Waals surface area contributed by atoms with Gasteiger partial charge in [0.15, 0.2) is 0 Å². The van der Waals surface area contributed by atoms with E-state index in [9.17, 15) is 13.2 Å². The van der Waals surface area contributed by atoms with Crippen LogP contribution in [0.2, 0.25) is 0 Å². The van der Waals surface area contributed by atoms with Gasteiger partial charge in [-0.15, -0.1) is 0 Å². The number of halogens is 3. The number of aromatic nitrogens is 2. The molecule has 0 saturated heterocycles. The number of anilines is 1. The summed E-state index contributed by atoms with van der Waals surface area (Å²) in [4.78, 5) is 10.1. The fourth-order valence-corrected chi connectivity index (χ4v) is 2.81. The maximum Gasteiger partial charge on any atom is 0.263 e. The van der Waals surface area contributed by atoms with Gasteiger partial charge in [0.25, 0.3) is 6.43 Å². The predicted molar refractivity (Wildman–Crippen MR) is 99.9 cm³/mol. The van der Waals surface area contributed by atoms with Gasteiger partial charge >= 0.3 is 0 Å². The SMILES string of the molecule is C=CN(Cc1cncc(F)c1)c1cc(-c2cccc(C(F)F)c2)cnc1C. The second-order valence-corrected chi connectivity index (χ2v) is 6.08. The van der Waals surface area contributed by atoms with Crippen molar-refractivity contribution in [1.29, 1.82) is 0 Å². The lowest BCUT2D eigenvalue weighted by Crippen LogP contribution is -2.17. The van der Waals surface area contributed by atoms with Crippen LogP contribution >= 0.6 is 0 Å². The molecule has 27 heavy (non-hydrogen) atoms. The Bertz CT molecular complexity index is 957. The molecule has 0 aliphatic rings. The molecule has 138 valence electrons. The maximum atomic E-state index is 13.4. The van der Waals surface area contributed by atoms with Crippen molar-refractivity contribution in [1.82, 2.24) is 9.97 Å². The van der Waals surface area contributed by atoms with Crippen LogP contribution in [-0.4, -0.2) is 9.97 Å². The smallest absolute Gasteiger partial charge is 0.263 e. The van der Waals surface area contributed by atoms with Gasteiger partial charge < -0.3 is 4.90 Å². The molecule has 2 aromatic heterocycles. The van der Waals surface area contributed by atoms with Crippen LogP contribution in [-0.2, 0) is 6.54 Å². The highest BCUT2D eigenvalue weighted by Crippen LogP contribution is 2.30. The summed E-state index contributed by atoms with van der Waals surface area (Å²) in [5.41, 5.74) is 3.50. The molecule has 0 radical (unpaired) electrons. The lowest BCUT2D eigenvalue weighted by atomic mass is 10.0. The number of nitrogens with zero attached hydrogens (tertiary/aromatic N) is 3. The molecule has 0 fully saturated rings. The zero-order chi connectivity index (χ0) is 19.4. The highest BCUT2D eigenvalue weighted by Gasteiger charge is 2.13.